The molecule has 2 atom stereocenters. The molecule has 4 heterocycles. The number of nitrogens with zero attached hydrogens (tertiary/aromatic N) is 6. The molecule has 5 rings (SSSR count). The predicted octanol–water partition coefficient (Wildman–Crippen LogP) is 1.60. The van der Waals surface area contributed by atoms with Gasteiger partial charge in [0.25, 0.3) is 5.91 Å². The van der Waals surface area contributed by atoms with Gasteiger partial charge in [-0.15, -0.1) is 5.10 Å². The fourth-order valence-electron chi connectivity index (χ4n) is 5.09. The molecule has 8 heteroatoms. The maximum atomic E-state index is 12.9. The zero-order valence-corrected chi connectivity index (χ0v) is 17.6. The van der Waals surface area contributed by atoms with Crippen molar-refractivity contribution in [1.82, 2.24) is 29.5 Å². The number of likely N-dealkylation sites (tertiary alicyclic amines) is 2. The van der Waals surface area contributed by atoms with Gasteiger partial charge in [0.05, 0.1) is 13.2 Å². The van der Waals surface area contributed by atoms with Crippen molar-refractivity contribution in [2.45, 2.75) is 25.9 Å². The molecule has 2 aromatic rings. The van der Waals surface area contributed by atoms with Gasteiger partial charge in [0.15, 0.2) is 0 Å². The van der Waals surface area contributed by atoms with E-state index in [1.165, 1.54) is 19.4 Å². The molecule has 8 nitrogen and oxygen atoms in total. The Labute approximate surface area is 177 Å². The Kier molecular flexibility index (Phi) is 5.28. The minimum Gasteiger partial charge on any atom is -0.376 e. The number of aryl methyl sites for hydroxylation is 1. The normalized spacial score (nSPS) is 26.7. The topological polar surface area (TPSA) is 76.4 Å². The predicted molar refractivity (Wildman–Crippen MR) is 111 cm³/mol. The van der Waals surface area contributed by atoms with Crippen LogP contribution < -0.4 is 0 Å². The monoisotopic (exact) mass is 410 g/mol. The number of hydrogen-bond donors (Lipinski definition) is 0. The molecule has 3 fully saturated rings. The standard InChI is InChI=1S/C22H30N6O2/c1-26-16-24-20(25-26)21(29)28-8-6-22(15-28)14-27(10-17-4-5-17)11-19(22)13-30-12-18-3-2-7-23-9-18/h2-3,7,9,16-17,19H,4-6,8,10-15H2,1H3/t19-,22-/m1/s1. The lowest BCUT2D eigenvalue weighted by atomic mass is 9.77. The molecule has 0 aromatic carbocycles. The Morgan fingerprint density at radius 2 is 2.23 bits per heavy atom. The largest absolute Gasteiger partial charge is 0.376 e. The van der Waals surface area contributed by atoms with Gasteiger partial charge in [0.1, 0.15) is 6.33 Å². The second-order valence-corrected chi connectivity index (χ2v) is 9.29. The van der Waals surface area contributed by atoms with Crippen molar-refractivity contribution in [3.63, 3.8) is 0 Å². The Morgan fingerprint density at radius 3 is 2.97 bits per heavy atom. The summed E-state index contributed by atoms with van der Waals surface area (Å²) in [7, 11) is 1.79. The molecule has 0 bridgehead atoms. The highest BCUT2D eigenvalue weighted by Gasteiger charge is 2.52. The lowest BCUT2D eigenvalue weighted by Gasteiger charge is -2.30. The number of pyridine rings is 1. The van der Waals surface area contributed by atoms with Gasteiger partial charge in [-0.3, -0.25) is 14.5 Å². The van der Waals surface area contributed by atoms with Crippen molar-refractivity contribution in [2.24, 2.45) is 24.3 Å². The van der Waals surface area contributed by atoms with Crippen molar-refractivity contribution in [3.8, 4) is 0 Å². The first-order valence-electron chi connectivity index (χ1n) is 11.0. The summed E-state index contributed by atoms with van der Waals surface area (Å²) in [6.07, 6.45) is 8.98. The van der Waals surface area contributed by atoms with Gasteiger partial charge < -0.3 is 14.5 Å². The molecule has 0 unspecified atom stereocenters. The highest BCUT2D eigenvalue weighted by molar-refractivity contribution is 5.90. The quantitative estimate of drug-likeness (QED) is 0.690. The molecule has 0 radical (unpaired) electrons. The van der Waals surface area contributed by atoms with E-state index in [0.29, 0.717) is 18.3 Å². The molecule has 1 spiro atoms. The van der Waals surface area contributed by atoms with Gasteiger partial charge in [-0.25, -0.2) is 4.98 Å². The van der Waals surface area contributed by atoms with Crippen molar-refractivity contribution in [2.75, 3.05) is 39.3 Å². The summed E-state index contributed by atoms with van der Waals surface area (Å²) in [6, 6.07) is 3.99. The fourth-order valence-corrected chi connectivity index (χ4v) is 5.09. The van der Waals surface area contributed by atoms with Crippen molar-refractivity contribution < 1.29 is 9.53 Å². The van der Waals surface area contributed by atoms with Crippen LogP contribution in [0.4, 0.5) is 0 Å². The van der Waals surface area contributed by atoms with Crippen LogP contribution in [0.2, 0.25) is 0 Å². The van der Waals surface area contributed by atoms with Crippen LogP contribution in [0.15, 0.2) is 30.9 Å². The van der Waals surface area contributed by atoms with E-state index >= 15 is 0 Å². The number of amides is 1. The molecule has 2 aromatic heterocycles. The Morgan fingerprint density at radius 1 is 1.33 bits per heavy atom. The first-order valence-corrected chi connectivity index (χ1v) is 11.0. The number of ether oxygens (including phenoxy) is 1. The minimum absolute atomic E-state index is 0.0526. The van der Waals surface area contributed by atoms with Gasteiger partial charge in [-0.05, 0) is 36.8 Å². The minimum atomic E-state index is -0.0526. The van der Waals surface area contributed by atoms with E-state index in [0.717, 1.165) is 50.7 Å². The summed E-state index contributed by atoms with van der Waals surface area (Å²) in [6.45, 7) is 6.16. The zero-order valence-electron chi connectivity index (χ0n) is 17.6. The second-order valence-electron chi connectivity index (χ2n) is 9.29. The maximum Gasteiger partial charge on any atom is 0.293 e. The molecule has 160 valence electrons. The van der Waals surface area contributed by atoms with E-state index in [9.17, 15) is 4.79 Å². The van der Waals surface area contributed by atoms with Gasteiger partial charge in [0, 0.05) is 63.5 Å². The Hall–Kier alpha value is -2.32. The third kappa shape index (κ3) is 4.11. The van der Waals surface area contributed by atoms with Crippen LogP contribution in [0.3, 0.4) is 0 Å². The van der Waals surface area contributed by atoms with E-state index in [-0.39, 0.29) is 11.3 Å². The van der Waals surface area contributed by atoms with Crippen LogP contribution in [0.25, 0.3) is 0 Å². The summed E-state index contributed by atoms with van der Waals surface area (Å²) in [5.41, 5.74) is 1.21. The van der Waals surface area contributed by atoms with E-state index in [1.807, 2.05) is 23.2 Å². The zero-order chi connectivity index (χ0) is 20.6. The smallest absolute Gasteiger partial charge is 0.293 e. The summed E-state index contributed by atoms with van der Waals surface area (Å²) < 4.78 is 7.73. The summed E-state index contributed by atoms with van der Waals surface area (Å²) in [5.74, 6) is 1.55. The fraction of sp³-hybridized carbons (Fsp3) is 0.636. The first-order chi connectivity index (χ1) is 14.6. The molecule has 0 N–H and O–H groups in total. The summed E-state index contributed by atoms with van der Waals surface area (Å²) in [4.78, 5) is 25.8. The Bertz CT molecular complexity index is 883. The van der Waals surface area contributed by atoms with E-state index in [4.69, 9.17) is 4.74 Å². The van der Waals surface area contributed by atoms with Crippen LogP contribution >= 0.6 is 0 Å². The van der Waals surface area contributed by atoms with Gasteiger partial charge in [-0.2, -0.15) is 0 Å². The number of carbonyl (C=O) groups excluding carboxylic acids is 1. The number of carbonyl (C=O) groups is 1. The molecular formula is C22H30N6O2. The molecule has 1 amide bonds. The molecule has 3 aliphatic rings. The lowest BCUT2D eigenvalue weighted by Crippen LogP contribution is -2.38. The van der Waals surface area contributed by atoms with Crippen molar-refractivity contribution in [3.05, 3.63) is 42.2 Å². The average molecular weight is 411 g/mol. The first kappa shape index (κ1) is 19.6. The van der Waals surface area contributed by atoms with E-state index < -0.39 is 0 Å². The number of hydrogen-bond acceptors (Lipinski definition) is 6. The second kappa shape index (κ2) is 8.07. The van der Waals surface area contributed by atoms with Crippen LogP contribution in [0, 0.1) is 17.3 Å². The van der Waals surface area contributed by atoms with Crippen LogP contribution in [0.5, 0.6) is 0 Å². The van der Waals surface area contributed by atoms with E-state index in [2.05, 4.69) is 20.0 Å². The Balaban J connectivity index is 1.25. The summed E-state index contributed by atoms with van der Waals surface area (Å²) >= 11 is 0. The SMILES string of the molecule is Cn1cnc(C(=O)N2CC[C@@]3(CN(CC4CC4)C[C@@H]3COCc3cccnc3)C2)n1. The van der Waals surface area contributed by atoms with E-state index in [1.54, 1.807) is 24.3 Å². The van der Waals surface area contributed by atoms with Gasteiger partial charge in [-0.1, -0.05) is 6.07 Å². The maximum absolute atomic E-state index is 12.9. The number of rotatable bonds is 7. The number of aromatic nitrogens is 4. The van der Waals surface area contributed by atoms with Crippen LogP contribution in [-0.4, -0.2) is 74.8 Å². The van der Waals surface area contributed by atoms with Gasteiger partial charge >= 0.3 is 0 Å². The van der Waals surface area contributed by atoms with Crippen molar-refractivity contribution >= 4 is 5.91 Å². The highest BCUT2D eigenvalue weighted by Crippen LogP contribution is 2.45. The molecule has 30 heavy (non-hydrogen) atoms. The lowest BCUT2D eigenvalue weighted by molar-refractivity contribution is 0.0493. The molecule has 1 aliphatic carbocycles. The molecular weight excluding hydrogens is 380 g/mol. The average Bonchev–Trinajstić information content (AvgIpc) is 3.15. The third-order valence-electron chi connectivity index (χ3n) is 6.87. The molecule has 1 saturated carbocycles. The third-order valence-corrected chi connectivity index (χ3v) is 6.87. The molecule has 2 saturated heterocycles. The van der Waals surface area contributed by atoms with Crippen LogP contribution in [-0.2, 0) is 18.4 Å². The summed E-state index contributed by atoms with van der Waals surface area (Å²) in [5, 5.41) is 4.21. The van der Waals surface area contributed by atoms with Gasteiger partial charge in [0.2, 0.25) is 5.82 Å². The molecule has 2 aliphatic heterocycles. The van der Waals surface area contributed by atoms with Crippen LogP contribution in [0.1, 0.15) is 35.4 Å². The van der Waals surface area contributed by atoms with Crippen molar-refractivity contribution in [1.29, 1.82) is 0 Å². The highest BCUT2D eigenvalue weighted by atomic mass is 16.5.